The van der Waals surface area contributed by atoms with E-state index in [0.29, 0.717) is 18.5 Å². The fraction of sp³-hybridized carbons (Fsp3) is 0.679. The number of ether oxygens (including phenoxy) is 2. The van der Waals surface area contributed by atoms with E-state index >= 15 is 0 Å². The number of amides is 2. The van der Waals surface area contributed by atoms with Crippen molar-refractivity contribution in [2.45, 2.75) is 104 Å². The lowest BCUT2D eigenvalue weighted by molar-refractivity contribution is -0.130. The first-order valence-corrected chi connectivity index (χ1v) is 13.3. The highest BCUT2D eigenvalue weighted by atomic mass is 16.5. The molecule has 0 aliphatic carbocycles. The molecule has 0 spiro atoms. The molecular formula is C28H46N2O5. The van der Waals surface area contributed by atoms with Gasteiger partial charge in [-0.15, -0.1) is 0 Å². The van der Waals surface area contributed by atoms with Gasteiger partial charge >= 0.3 is 5.97 Å². The number of benzene rings is 1. The summed E-state index contributed by atoms with van der Waals surface area (Å²) >= 11 is 0. The number of nitrogens with one attached hydrogen (secondary N) is 2. The van der Waals surface area contributed by atoms with Gasteiger partial charge in [0, 0.05) is 13.0 Å². The van der Waals surface area contributed by atoms with Crippen LogP contribution in [0.25, 0.3) is 0 Å². The number of rotatable bonds is 20. The first-order chi connectivity index (χ1) is 17.0. The van der Waals surface area contributed by atoms with Crippen LogP contribution >= 0.6 is 0 Å². The molecule has 0 heterocycles. The second-order valence-corrected chi connectivity index (χ2v) is 9.05. The maximum absolute atomic E-state index is 12.7. The summed E-state index contributed by atoms with van der Waals surface area (Å²) < 4.78 is 10.5. The molecule has 35 heavy (non-hydrogen) atoms. The Hall–Kier alpha value is -2.41. The lowest BCUT2D eigenvalue weighted by atomic mass is 10.1. The average molecular weight is 491 g/mol. The molecule has 0 bridgehead atoms. The molecule has 1 atom stereocenters. The molecule has 2 N–H and O–H groups in total. The van der Waals surface area contributed by atoms with Crippen LogP contribution in [0.1, 0.15) is 107 Å². The minimum Gasteiger partial charge on any atom is -0.465 e. The predicted octanol–water partition coefficient (Wildman–Crippen LogP) is 5.31. The van der Waals surface area contributed by atoms with E-state index in [9.17, 15) is 14.4 Å². The maximum Gasteiger partial charge on any atom is 0.337 e. The van der Waals surface area contributed by atoms with Gasteiger partial charge in [-0.2, -0.15) is 0 Å². The Morgan fingerprint density at radius 2 is 1.43 bits per heavy atom. The van der Waals surface area contributed by atoms with Crippen LogP contribution in [-0.2, 0) is 25.7 Å². The van der Waals surface area contributed by atoms with Crippen molar-refractivity contribution in [3.63, 3.8) is 0 Å². The van der Waals surface area contributed by atoms with Crippen LogP contribution in [0.3, 0.4) is 0 Å². The summed E-state index contributed by atoms with van der Waals surface area (Å²) in [6, 6.07) is 6.19. The van der Waals surface area contributed by atoms with Crippen molar-refractivity contribution in [1.29, 1.82) is 0 Å². The summed E-state index contributed by atoms with van der Waals surface area (Å²) in [5, 5.41) is 5.79. The van der Waals surface area contributed by atoms with E-state index in [1.807, 2.05) is 0 Å². The summed E-state index contributed by atoms with van der Waals surface area (Å²) in [4.78, 5) is 36.8. The lowest BCUT2D eigenvalue weighted by Crippen LogP contribution is -2.49. The highest BCUT2D eigenvalue weighted by molar-refractivity contribution is 5.89. The van der Waals surface area contributed by atoms with Gasteiger partial charge in [0.15, 0.2) is 0 Å². The van der Waals surface area contributed by atoms with Gasteiger partial charge in [0.05, 0.1) is 25.9 Å². The van der Waals surface area contributed by atoms with E-state index in [4.69, 9.17) is 9.47 Å². The molecule has 0 aromatic heterocycles. The van der Waals surface area contributed by atoms with Crippen molar-refractivity contribution >= 4 is 17.8 Å². The highest BCUT2D eigenvalue weighted by Gasteiger charge is 2.20. The third kappa shape index (κ3) is 14.6. The van der Waals surface area contributed by atoms with Gasteiger partial charge in [-0.05, 0) is 30.5 Å². The second-order valence-electron chi connectivity index (χ2n) is 9.05. The zero-order valence-electron chi connectivity index (χ0n) is 22.0. The largest absolute Gasteiger partial charge is 0.465 e. The Morgan fingerprint density at radius 3 is 2.06 bits per heavy atom. The van der Waals surface area contributed by atoms with Gasteiger partial charge in [-0.25, -0.2) is 4.79 Å². The molecule has 0 aliphatic rings. The Labute approximate surface area is 211 Å². The molecule has 1 rings (SSSR count). The second kappa shape index (κ2) is 19.8. The third-order valence-corrected chi connectivity index (χ3v) is 5.92. The van der Waals surface area contributed by atoms with Crippen LogP contribution in [0.4, 0.5) is 0 Å². The molecule has 7 heteroatoms. The van der Waals surface area contributed by atoms with Crippen molar-refractivity contribution in [3.8, 4) is 0 Å². The Balaban J connectivity index is 2.50. The maximum atomic E-state index is 12.7. The van der Waals surface area contributed by atoms with Crippen molar-refractivity contribution in [1.82, 2.24) is 10.6 Å². The van der Waals surface area contributed by atoms with E-state index < -0.39 is 12.0 Å². The number of unbranched alkanes of at least 4 members (excludes halogenated alkanes) is 9. The average Bonchev–Trinajstić information content (AvgIpc) is 2.87. The number of methoxy groups -OCH3 is 1. The van der Waals surface area contributed by atoms with Crippen LogP contribution in [0.15, 0.2) is 24.3 Å². The van der Waals surface area contributed by atoms with Crippen LogP contribution in [0.5, 0.6) is 0 Å². The highest BCUT2D eigenvalue weighted by Crippen LogP contribution is 2.09. The zero-order valence-corrected chi connectivity index (χ0v) is 22.0. The van der Waals surface area contributed by atoms with E-state index in [-0.39, 0.29) is 25.0 Å². The molecule has 0 fully saturated rings. The fourth-order valence-electron chi connectivity index (χ4n) is 3.73. The monoisotopic (exact) mass is 490 g/mol. The van der Waals surface area contributed by atoms with E-state index in [0.717, 1.165) is 50.5 Å². The van der Waals surface area contributed by atoms with Gasteiger partial charge in [0.25, 0.3) is 0 Å². The Morgan fingerprint density at radius 1 is 0.829 bits per heavy atom. The van der Waals surface area contributed by atoms with Crippen LogP contribution in [-0.4, -0.2) is 44.1 Å². The van der Waals surface area contributed by atoms with E-state index in [1.54, 1.807) is 24.3 Å². The van der Waals surface area contributed by atoms with Gasteiger partial charge in [0.1, 0.15) is 6.04 Å². The third-order valence-electron chi connectivity index (χ3n) is 5.92. The van der Waals surface area contributed by atoms with Crippen LogP contribution in [0.2, 0.25) is 0 Å². The quantitative estimate of drug-likeness (QED) is 0.191. The van der Waals surface area contributed by atoms with E-state index in [2.05, 4.69) is 24.5 Å². The van der Waals surface area contributed by atoms with Gasteiger partial charge in [0.2, 0.25) is 11.8 Å². The predicted molar refractivity (Wildman–Crippen MR) is 139 cm³/mol. The Bertz CT molecular complexity index is 721. The molecular weight excluding hydrogens is 444 g/mol. The number of carbonyl (C=O) groups excluding carboxylic acids is 3. The van der Waals surface area contributed by atoms with E-state index in [1.165, 1.54) is 32.8 Å². The molecule has 0 unspecified atom stereocenters. The molecule has 198 valence electrons. The number of hydrogen-bond donors (Lipinski definition) is 2. The van der Waals surface area contributed by atoms with Crippen LogP contribution < -0.4 is 10.6 Å². The number of carbonyl (C=O) groups is 3. The summed E-state index contributed by atoms with van der Waals surface area (Å²) in [5.41, 5.74) is 1.33. The summed E-state index contributed by atoms with van der Waals surface area (Å²) in [6.07, 6.45) is 12.7. The zero-order chi connectivity index (χ0) is 25.7. The SMILES string of the molecule is CCCCCCCCCC(=O)N[C@@H](COCc1ccc(C(=O)OC)cc1)C(=O)NCCCCCC. The molecule has 0 radical (unpaired) electrons. The topological polar surface area (TPSA) is 93.7 Å². The molecule has 1 aromatic rings. The molecule has 0 saturated heterocycles. The smallest absolute Gasteiger partial charge is 0.337 e. The molecule has 7 nitrogen and oxygen atoms in total. The standard InChI is InChI=1S/C28H46N2O5/c1-4-6-8-10-11-12-13-15-26(31)30-25(27(32)29-20-14-9-7-5-2)22-35-21-23-16-18-24(19-17-23)28(33)34-3/h16-19,25H,4-15,20-22H2,1-3H3,(H,29,32)(H,30,31)/t25-/m0/s1. The van der Waals surface area contributed by atoms with Crippen LogP contribution in [0, 0.1) is 0 Å². The summed E-state index contributed by atoms with van der Waals surface area (Å²) in [5.74, 6) is -0.719. The molecule has 1 aromatic carbocycles. The molecule has 0 saturated carbocycles. The molecule has 2 amide bonds. The van der Waals surface area contributed by atoms with Gasteiger partial charge in [-0.1, -0.05) is 83.8 Å². The molecule has 0 aliphatic heterocycles. The number of hydrogen-bond acceptors (Lipinski definition) is 5. The summed E-state index contributed by atoms with van der Waals surface area (Å²) in [6.45, 7) is 5.30. The fourth-order valence-corrected chi connectivity index (χ4v) is 3.73. The van der Waals surface area contributed by atoms with Gasteiger partial charge < -0.3 is 20.1 Å². The van der Waals surface area contributed by atoms with Gasteiger partial charge in [-0.3, -0.25) is 9.59 Å². The lowest BCUT2D eigenvalue weighted by Gasteiger charge is -2.19. The Kier molecular flexibility index (Phi) is 17.4. The number of esters is 1. The minimum absolute atomic E-state index is 0.0856. The van der Waals surface area contributed by atoms with Crippen molar-refractivity contribution in [2.75, 3.05) is 20.3 Å². The first-order valence-electron chi connectivity index (χ1n) is 13.3. The van der Waals surface area contributed by atoms with Crippen molar-refractivity contribution in [2.24, 2.45) is 0 Å². The van der Waals surface area contributed by atoms with Crippen molar-refractivity contribution in [3.05, 3.63) is 35.4 Å². The normalized spacial score (nSPS) is 11.6. The minimum atomic E-state index is -0.729. The summed E-state index contributed by atoms with van der Waals surface area (Å²) in [7, 11) is 1.34. The first kappa shape index (κ1) is 30.6. The van der Waals surface area contributed by atoms with Crippen molar-refractivity contribution < 1.29 is 23.9 Å².